The van der Waals surface area contributed by atoms with Gasteiger partial charge in [-0.05, 0) is 112 Å². The number of hydrogen-bond donors (Lipinski definition) is 1. The minimum absolute atomic E-state index is 0.0761. The summed E-state index contributed by atoms with van der Waals surface area (Å²) in [4.78, 5) is 76.8. The number of imide groups is 2. The molecule has 2 unspecified atom stereocenters. The standard InChI is InChI=1S/C45H49ClN8O5/c1-29-45(16-21-53(29)35-7-4-31(28-47)38(46)27-35)14-19-50(20-15-45)32-5-2-30(3-6-32)42(57)52-24-22-51(23-25-52)33-12-17-49(18-13-33)34-8-9-36-37(26-34)44(59)54(43(36)58)39-10-11-40(55)48-41(39)56/h2-9,26-27,29,33,39H,10-25H2,1H3,(H,48,55,56). The lowest BCUT2D eigenvalue weighted by Gasteiger charge is -2.44. The molecule has 1 N–H and O–H groups in total. The largest absolute Gasteiger partial charge is 0.371 e. The number of carbonyl (C=O) groups excluding carboxylic acids is 5. The van der Waals surface area contributed by atoms with E-state index in [4.69, 9.17) is 11.6 Å². The van der Waals surface area contributed by atoms with Gasteiger partial charge in [0.15, 0.2) is 0 Å². The SMILES string of the molecule is CC1N(c2ccc(C#N)c(Cl)c2)CCC12CCN(c1ccc(C(=O)N3CCN(C4CCN(c5ccc6c(c5)C(=O)N(C5CCC(=O)NC5=O)C6=O)CC4)CC3)cc1)CC2. The average Bonchev–Trinajstić information content (AvgIpc) is 3.71. The van der Waals surface area contributed by atoms with Gasteiger partial charge in [0.1, 0.15) is 12.1 Å². The summed E-state index contributed by atoms with van der Waals surface area (Å²) in [5.41, 5.74) is 5.17. The third-order valence-corrected chi connectivity index (χ3v) is 14.5. The monoisotopic (exact) mass is 816 g/mol. The fraction of sp³-hybridized carbons (Fsp3) is 0.467. The topological polar surface area (TPSA) is 141 Å². The van der Waals surface area contributed by atoms with Gasteiger partial charge in [-0.2, -0.15) is 5.26 Å². The Bertz CT molecular complexity index is 2230. The van der Waals surface area contributed by atoms with Gasteiger partial charge in [0.05, 0.1) is 21.7 Å². The van der Waals surface area contributed by atoms with Crippen LogP contribution < -0.4 is 20.0 Å². The molecule has 306 valence electrons. The summed E-state index contributed by atoms with van der Waals surface area (Å²) in [5, 5.41) is 12.0. The Morgan fingerprint density at radius 1 is 0.746 bits per heavy atom. The van der Waals surface area contributed by atoms with Crippen molar-refractivity contribution in [3.8, 4) is 6.07 Å². The number of rotatable bonds is 6. The summed E-state index contributed by atoms with van der Waals surface area (Å²) in [5.74, 6) is -1.91. The summed E-state index contributed by atoms with van der Waals surface area (Å²) < 4.78 is 0. The molecule has 5 amide bonds. The number of anilines is 3. The van der Waals surface area contributed by atoms with E-state index in [1.165, 1.54) is 0 Å². The summed E-state index contributed by atoms with van der Waals surface area (Å²) in [6, 6.07) is 21.2. The molecule has 5 fully saturated rings. The van der Waals surface area contributed by atoms with Crippen LogP contribution in [0.1, 0.15) is 88.5 Å². The van der Waals surface area contributed by atoms with Crippen molar-refractivity contribution in [1.82, 2.24) is 20.0 Å². The molecule has 1 spiro atoms. The molecule has 0 radical (unpaired) electrons. The average molecular weight is 817 g/mol. The lowest BCUT2D eigenvalue weighted by atomic mass is 9.73. The quantitative estimate of drug-likeness (QED) is 0.341. The number of piperazine rings is 1. The highest BCUT2D eigenvalue weighted by Gasteiger charge is 2.47. The summed E-state index contributed by atoms with van der Waals surface area (Å²) in [7, 11) is 0. The van der Waals surface area contributed by atoms with Gasteiger partial charge in [-0.25, -0.2) is 0 Å². The van der Waals surface area contributed by atoms with Crippen LogP contribution in [0, 0.1) is 16.7 Å². The van der Waals surface area contributed by atoms with Crippen LogP contribution in [0.3, 0.4) is 0 Å². The molecule has 6 aliphatic rings. The molecule has 6 aliphatic heterocycles. The number of halogens is 1. The smallest absolute Gasteiger partial charge is 0.262 e. The molecular formula is C45H49ClN8O5. The van der Waals surface area contributed by atoms with Gasteiger partial charge in [-0.15, -0.1) is 0 Å². The number of hydrogen-bond acceptors (Lipinski definition) is 10. The van der Waals surface area contributed by atoms with Crippen molar-refractivity contribution in [2.24, 2.45) is 5.41 Å². The van der Waals surface area contributed by atoms with Crippen molar-refractivity contribution in [1.29, 1.82) is 5.26 Å². The number of benzene rings is 3. The second-order valence-electron chi connectivity index (χ2n) is 17.0. The second kappa shape index (κ2) is 15.6. The van der Waals surface area contributed by atoms with E-state index in [-0.39, 0.29) is 29.7 Å². The number of carbonyl (C=O) groups is 5. The maximum Gasteiger partial charge on any atom is 0.262 e. The number of amides is 5. The van der Waals surface area contributed by atoms with Gasteiger partial charge in [0, 0.05) is 100 Å². The molecule has 2 atom stereocenters. The number of nitrogens with one attached hydrogen (secondary N) is 1. The van der Waals surface area contributed by atoms with Gasteiger partial charge in [-0.3, -0.25) is 39.1 Å². The molecule has 0 saturated carbocycles. The predicted molar refractivity (Wildman–Crippen MR) is 224 cm³/mol. The molecule has 3 aromatic rings. The van der Waals surface area contributed by atoms with E-state index in [1.807, 2.05) is 41.3 Å². The first-order chi connectivity index (χ1) is 28.5. The highest BCUT2D eigenvalue weighted by atomic mass is 35.5. The number of nitrogens with zero attached hydrogens (tertiary/aromatic N) is 7. The molecule has 59 heavy (non-hydrogen) atoms. The lowest BCUT2D eigenvalue weighted by Crippen LogP contribution is -2.54. The fourth-order valence-corrected chi connectivity index (χ4v) is 10.7. The molecule has 9 rings (SSSR count). The summed E-state index contributed by atoms with van der Waals surface area (Å²) >= 11 is 6.38. The van der Waals surface area contributed by atoms with Gasteiger partial charge >= 0.3 is 0 Å². The van der Waals surface area contributed by atoms with Gasteiger partial charge in [0.25, 0.3) is 17.7 Å². The third-order valence-electron chi connectivity index (χ3n) is 14.2. The zero-order chi connectivity index (χ0) is 41.0. The zero-order valence-corrected chi connectivity index (χ0v) is 34.1. The number of fused-ring (bicyclic) bond motifs is 1. The molecule has 0 aromatic heterocycles. The van der Waals surface area contributed by atoms with E-state index in [0.717, 1.165) is 105 Å². The van der Waals surface area contributed by atoms with Crippen molar-refractivity contribution in [2.45, 2.75) is 70.0 Å². The molecule has 6 heterocycles. The van der Waals surface area contributed by atoms with Crippen molar-refractivity contribution in [2.75, 3.05) is 73.6 Å². The van der Waals surface area contributed by atoms with Crippen LogP contribution in [0.15, 0.2) is 60.7 Å². The van der Waals surface area contributed by atoms with Crippen LogP contribution in [-0.4, -0.2) is 121 Å². The minimum atomic E-state index is -0.979. The molecule has 13 nitrogen and oxygen atoms in total. The van der Waals surface area contributed by atoms with Crippen molar-refractivity contribution in [3.63, 3.8) is 0 Å². The van der Waals surface area contributed by atoms with Crippen molar-refractivity contribution in [3.05, 3.63) is 87.9 Å². The minimum Gasteiger partial charge on any atom is -0.371 e. The molecule has 0 aliphatic carbocycles. The van der Waals surface area contributed by atoms with Gasteiger partial charge in [-0.1, -0.05) is 11.6 Å². The first-order valence-corrected chi connectivity index (χ1v) is 21.4. The third kappa shape index (κ3) is 7.10. The maximum atomic E-state index is 13.6. The summed E-state index contributed by atoms with van der Waals surface area (Å²) in [6.07, 6.45) is 5.45. The Morgan fingerprint density at radius 2 is 1.39 bits per heavy atom. The number of nitriles is 1. The van der Waals surface area contributed by atoms with Gasteiger partial charge < -0.3 is 19.6 Å². The van der Waals surface area contributed by atoms with Crippen molar-refractivity contribution < 1.29 is 24.0 Å². The predicted octanol–water partition coefficient (Wildman–Crippen LogP) is 4.93. The van der Waals surface area contributed by atoms with E-state index in [2.05, 4.69) is 50.0 Å². The first-order valence-electron chi connectivity index (χ1n) is 21.0. The zero-order valence-electron chi connectivity index (χ0n) is 33.4. The van der Waals surface area contributed by atoms with E-state index >= 15 is 0 Å². The lowest BCUT2D eigenvalue weighted by molar-refractivity contribution is -0.136. The van der Waals surface area contributed by atoms with E-state index in [0.29, 0.717) is 41.3 Å². The second-order valence-corrected chi connectivity index (χ2v) is 17.4. The molecule has 5 saturated heterocycles. The molecule has 14 heteroatoms. The normalized spacial score (nSPS) is 23.8. The van der Waals surface area contributed by atoms with E-state index < -0.39 is 29.7 Å². The fourth-order valence-electron chi connectivity index (χ4n) is 10.5. The Kier molecular flexibility index (Phi) is 10.3. The molecule has 3 aromatic carbocycles. The van der Waals surface area contributed by atoms with Crippen LogP contribution in [-0.2, 0) is 9.59 Å². The Labute approximate surface area is 349 Å². The maximum absolute atomic E-state index is 13.6. The van der Waals surface area contributed by atoms with Crippen LogP contribution in [0.4, 0.5) is 17.1 Å². The van der Waals surface area contributed by atoms with E-state index in [1.54, 1.807) is 12.1 Å². The highest BCUT2D eigenvalue weighted by molar-refractivity contribution is 6.32. The Balaban J connectivity index is 0.737. The Hall–Kier alpha value is -5.45. The Morgan fingerprint density at radius 3 is 2.07 bits per heavy atom. The summed E-state index contributed by atoms with van der Waals surface area (Å²) in [6.45, 7) is 9.87. The number of piperidine rings is 3. The molecule has 0 bridgehead atoms. The first kappa shape index (κ1) is 39.0. The van der Waals surface area contributed by atoms with Crippen molar-refractivity contribution >= 4 is 58.2 Å². The van der Waals surface area contributed by atoms with Crippen LogP contribution >= 0.6 is 11.6 Å². The van der Waals surface area contributed by atoms with Gasteiger partial charge in [0.2, 0.25) is 11.8 Å². The van der Waals surface area contributed by atoms with Crippen LogP contribution in [0.5, 0.6) is 0 Å². The van der Waals surface area contributed by atoms with Crippen LogP contribution in [0.2, 0.25) is 5.02 Å². The van der Waals surface area contributed by atoms with Crippen LogP contribution in [0.25, 0.3) is 0 Å². The molecular weight excluding hydrogens is 768 g/mol. The highest BCUT2D eigenvalue weighted by Crippen LogP contribution is 2.47. The van der Waals surface area contributed by atoms with E-state index in [9.17, 15) is 29.2 Å².